The fourth-order valence-corrected chi connectivity index (χ4v) is 7.55. The molecule has 4 aliphatic carbocycles. The zero-order chi connectivity index (χ0) is 18.9. The first-order valence-electron chi connectivity index (χ1n) is 11.2. The number of piperidine rings is 1. The molecule has 1 N–H and O–H groups in total. The number of carbonyl (C=O) groups excluding carboxylic acids is 1. The minimum absolute atomic E-state index is 0.0223. The molecule has 4 heteroatoms. The second-order valence-electron chi connectivity index (χ2n) is 10.2. The highest BCUT2D eigenvalue weighted by Crippen LogP contribution is 2.60. The van der Waals surface area contributed by atoms with Crippen LogP contribution >= 0.6 is 0 Å². The Morgan fingerprint density at radius 2 is 1.68 bits per heavy atom. The van der Waals surface area contributed by atoms with Gasteiger partial charge in [0.1, 0.15) is 5.82 Å². The summed E-state index contributed by atoms with van der Waals surface area (Å²) in [5.74, 6) is 3.14. The second kappa shape index (κ2) is 6.08. The molecule has 1 amide bonds. The topological polar surface area (TPSA) is 36.1 Å². The Morgan fingerprint density at radius 1 is 1.04 bits per heavy atom. The van der Waals surface area contributed by atoms with Crippen molar-refractivity contribution in [2.24, 2.45) is 23.2 Å². The number of H-pyrrole nitrogens is 1. The Labute approximate surface area is 165 Å². The molecule has 4 bridgehead atoms. The summed E-state index contributed by atoms with van der Waals surface area (Å²) in [6, 6.07) is 4.98. The summed E-state index contributed by atoms with van der Waals surface area (Å²) < 4.78 is 13.7. The van der Waals surface area contributed by atoms with Crippen molar-refractivity contribution in [1.29, 1.82) is 0 Å². The number of aromatic nitrogens is 1. The molecule has 4 saturated carbocycles. The van der Waals surface area contributed by atoms with Crippen LogP contribution in [0.4, 0.5) is 4.39 Å². The van der Waals surface area contributed by atoms with Gasteiger partial charge in [0.25, 0.3) is 0 Å². The number of benzene rings is 1. The van der Waals surface area contributed by atoms with Crippen molar-refractivity contribution >= 4 is 16.8 Å². The van der Waals surface area contributed by atoms with Gasteiger partial charge in [-0.25, -0.2) is 4.39 Å². The fraction of sp³-hybridized carbons (Fsp3) is 0.625. The van der Waals surface area contributed by atoms with E-state index < -0.39 is 0 Å². The number of nitrogens with zero attached hydrogens (tertiary/aromatic N) is 1. The lowest BCUT2D eigenvalue weighted by Gasteiger charge is -2.57. The first-order valence-corrected chi connectivity index (χ1v) is 11.2. The molecular weight excluding hydrogens is 351 g/mol. The monoisotopic (exact) mass is 380 g/mol. The zero-order valence-electron chi connectivity index (χ0n) is 16.4. The standard InChI is InChI=1S/C24H29FN2O/c25-19-1-2-22-20(10-19)21(14-26-22)18-3-5-27(6-4-18)23(28)24-11-15-7-16(12-24)9-17(8-15)13-24/h1-2,10,14-18,26H,3-9,11-13H2. The van der Waals surface area contributed by atoms with Crippen LogP contribution in [0, 0.1) is 29.0 Å². The van der Waals surface area contributed by atoms with E-state index in [4.69, 9.17) is 0 Å². The predicted octanol–water partition coefficient (Wildman–Crippen LogP) is 5.23. The van der Waals surface area contributed by atoms with Gasteiger partial charge in [-0.05, 0) is 98.8 Å². The van der Waals surface area contributed by atoms with Gasteiger partial charge >= 0.3 is 0 Å². The number of carbonyl (C=O) groups is 1. The molecular formula is C24H29FN2O. The van der Waals surface area contributed by atoms with Crippen molar-refractivity contribution in [2.75, 3.05) is 13.1 Å². The third-order valence-corrected chi connectivity index (χ3v) is 8.39. The van der Waals surface area contributed by atoms with Gasteiger partial charge in [0.2, 0.25) is 5.91 Å². The number of likely N-dealkylation sites (tertiary alicyclic amines) is 1. The smallest absolute Gasteiger partial charge is 0.228 e. The van der Waals surface area contributed by atoms with E-state index in [1.807, 2.05) is 12.3 Å². The van der Waals surface area contributed by atoms with Crippen molar-refractivity contribution in [3.8, 4) is 0 Å². The first kappa shape index (κ1) is 17.1. The fourth-order valence-electron chi connectivity index (χ4n) is 7.55. The largest absolute Gasteiger partial charge is 0.361 e. The summed E-state index contributed by atoms with van der Waals surface area (Å²) in [5.41, 5.74) is 2.20. The average Bonchev–Trinajstić information content (AvgIpc) is 3.09. The summed E-state index contributed by atoms with van der Waals surface area (Å²) in [4.78, 5) is 19.0. The molecule has 5 fully saturated rings. The van der Waals surface area contributed by atoms with E-state index in [0.717, 1.165) is 73.9 Å². The maximum absolute atomic E-state index is 13.7. The lowest BCUT2D eigenvalue weighted by atomic mass is 9.49. The van der Waals surface area contributed by atoms with Crippen LogP contribution in [-0.4, -0.2) is 28.9 Å². The normalized spacial score (nSPS) is 35.0. The molecule has 7 rings (SSSR count). The molecule has 1 aromatic heterocycles. The molecule has 3 nitrogen and oxygen atoms in total. The van der Waals surface area contributed by atoms with Crippen LogP contribution in [0.2, 0.25) is 0 Å². The van der Waals surface area contributed by atoms with Gasteiger partial charge in [0, 0.05) is 30.2 Å². The molecule has 0 spiro atoms. The van der Waals surface area contributed by atoms with Crippen molar-refractivity contribution in [3.63, 3.8) is 0 Å². The van der Waals surface area contributed by atoms with E-state index in [0.29, 0.717) is 11.8 Å². The molecule has 0 atom stereocenters. The Hall–Kier alpha value is -1.84. The predicted molar refractivity (Wildman–Crippen MR) is 107 cm³/mol. The molecule has 28 heavy (non-hydrogen) atoms. The third kappa shape index (κ3) is 2.56. The number of rotatable bonds is 2. The zero-order valence-corrected chi connectivity index (χ0v) is 16.4. The highest BCUT2D eigenvalue weighted by Gasteiger charge is 2.55. The minimum atomic E-state index is -0.178. The van der Waals surface area contributed by atoms with Crippen molar-refractivity contribution in [2.45, 2.75) is 57.3 Å². The van der Waals surface area contributed by atoms with Gasteiger partial charge in [-0.3, -0.25) is 4.79 Å². The average molecular weight is 381 g/mol. The van der Waals surface area contributed by atoms with Crippen molar-refractivity contribution in [1.82, 2.24) is 9.88 Å². The molecule has 1 saturated heterocycles. The molecule has 1 aliphatic heterocycles. The summed E-state index contributed by atoms with van der Waals surface area (Å²) in [6.07, 6.45) is 11.6. The molecule has 1 aromatic carbocycles. The number of nitrogens with one attached hydrogen (secondary N) is 1. The number of halogens is 1. The van der Waals surface area contributed by atoms with Crippen LogP contribution in [0.1, 0.15) is 62.8 Å². The lowest BCUT2D eigenvalue weighted by Crippen LogP contribution is -2.55. The molecule has 0 radical (unpaired) electrons. The highest BCUT2D eigenvalue weighted by molar-refractivity contribution is 5.85. The van der Waals surface area contributed by atoms with Crippen LogP contribution in [0.15, 0.2) is 24.4 Å². The molecule has 148 valence electrons. The van der Waals surface area contributed by atoms with Crippen molar-refractivity contribution < 1.29 is 9.18 Å². The lowest BCUT2D eigenvalue weighted by molar-refractivity contribution is -0.158. The van der Waals surface area contributed by atoms with Crippen LogP contribution < -0.4 is 0 Å². The van der Waals surface area contributed by atoms with Crippen LogP contribution in [0.5, 0.6) is 0 Å². The number of fused-ring (bicyclic) bond motifs is 1. The van der Waals surface area contributed by atoms with Gasteiger partial charge < -0.3 is 9.88 Å². The number of hydrogen-bond donors (Lipinski definition) is 1. The number of amides is 1. The SMILES string of the molecule is O=C(N1CCC(c2c[nH]c3ccc(F)cc23)CC1)C12CC3CC(CC(C3)C1)C2. The Kier molecular flexibility index (Phi) is 3.70. The Bertz CT molecular complexity index is 889. The van der Waals surface area contributed by atoms with Crippen LogP contribution in [0.3, 0.4) is 0 Å². The molecule has 2 heterocycles. The molecule has 2 aromatic rings. The Balaban J connectivity index is 1.18. The first-order chi connectivity index (χ1) is 13.6. The Morgan fingerprint density at radius 3 is 2.32 bits per heavy atom. The van der Waals surface area contributed by atoms with Gasteiger partial charge in [0.15, 0.2) is 0 Å². The summed E-state index contributed by atoms with van der Waals surface area (Å²) in [7, 11) is 0. The molecule has 0 unspecified atom stereocenters. The van der Waals surface area contributed by atoms with E-state index in [1.54, 1.807) is 6.07 Å². The van der Waals surface area contributed by atoms with Gasteiger partial charge in [0.05, 0.1) is 5.41 Å². The van der Waals surface area contributed by atoms with Crippen molar-refractivity contribution in [3.05, 3.63) is 35.8 Å². The summed E-state index contributed by atoms with van der Waals surface area (Å²) in [5, 5.41) is 1.01. The summed E-state index contributed by atoms with van der Waals surface area (Å²) >= 11 is 0. The molecule has 5 aliphatic rings. The maximum Gasteiger partial charge on any atom is 0.228 e. The quantitative estimate of drug-likeness (QED) is 0.761. The van der Waals surface area contributed by atoms with Gasteiger partial charge in [-0.15, -0.1) is 0 Å². The van der Waals surface area contributed by atoms with E-state index in [-0.39, 0.29) is 11.2 Å². The number of hydrogen-bond acceptors (Lipinski definition) is 1. The van der Waals surface area contributed by atoms with Crippen LogP contribution in [-0.2, 0) is 4.79 Å². The van der Waals surface area contributed by atoms with E-state index >= 15 is 0 Å². The van der Waals surface area contributed by atoms with E-state index in [2.05, 4.69) is 9.88 Å². The third-order valence-electron chi connectivity index (χ3n) is 8.39. The highest BCUT2D eigenvalue weighted by atomic mass is 19.1. The van der Waals surface area contributed by atoms with Gasteiger partial charge in [-0.1, -0.05) is 0 Å². The maximum atomic E-state index is 13.7. The second-order valence-corrected chi connectivity index (χ2v) is 10.2. The van der Waals surface area contributed by atoms with E-state index in [9.17, 15) is 9.18 Å². The minimum Gasteiger partial charge on any atom is -0.361 e. The number of aromatic amines is 1. The van der Waals surface area contributed by atoms with Crippen LogP contribution in [0.25, 0.3) is 10.9 Å². The van der Waals surface area contributed by atoms with E-state index in [1.165, 1.54) is 30.9 Å². The summed E-state index contributed by atoms with van der Waals surface area (Å²) in [6.45, 7) is 1.71. The van der Waals surface area contributed by atoms with Gasteiger partial charge in [-0.2, -0.15) is 0 Å².